The molecule has 15 heavy (non-hydrogen) atoms. The van der Waals surface area contributed by atoms with E-state index < -0.39 is 0 Å². The lowest BCUT2D eigenvalue weighted by Gasteiger charge is -2.15. The molecule has 0 aliphatic carbocycles. The molecule has 3 nitrogen and oxygen atoms in total. The van der Waals surface area contributed by atoms with Gasteiger partial charge < -0.3 is 4.42 Å². The third-order valence-electron chi connectivity index (χ3n) is 2.59. The Balaban J connectivity index is 2.31. The highest BCUT2D eigenvalue weighted by molar-refractivity contribution is 5.00. The Hall–Kier alpha value is -1.06. The molecule has 84 valence electrons. The van der Waals surface area contributed by atoms with Crippen LogP contribution < -0.4 is 11.3 Å². The second kappa shape index (κ2) is 6.43. The number of rotatable bonds is 7. The molecule has 0 spiro atoms. The zero-order valence-corrected chi connectivity index (χ0v) is 9.33. The Kier molecular flexibility index (Phi) is 5.15. The Bertz CT molecular complexity index is 280. The maximum absolute atomic E-state index is 5.49. The summed E-state index contributed by atoms with van der Waals surface area (Å²) in [6, 6.07) is 4.19. The van der Waals surface area contributed by atoms with Gasteiger partial charge in [0.25, 0.3) is 0 Å². The standard InChI is InChI=1S/C12H20N2O/c1-3-10(2)9-11(14-13)6-7-12-5-4-8-15-12/h4-5,8,11,14H,2-3,6-7,9,13H2,1H3. The molecule has 1 unspecified atom stereocenters. The largest absolute Gasteiger partial charge is 0.469 e. The van der Waals surface area contributed by atoms with E-state index >= 15 is 0 Å². The van der Waals surface area contributed by atoms with Crippen molar-refractivity contribution in [3.8, 4) is 0 Å². The second-order valence-corrected chi connectivity index (χ2v) is 3.79. The van der Waals surface area contributed by atoms with Crippen LogP contribution in [0.1, 0.15) is 31.9 Å². The molecule has 1 aromatic heterocycles. The van der Waals surface area contributed by atoms with E-state index in [-0.39, 0.29) is 0 Å². The first-order valence-corrected chi connectivity index (χ1v) is 5.41. The van der Waals surface area contributed by atoms with Gasteiger partial charge in [0.15, 0.2) is 0 Å². The summed E-state index contributed by atoms with van der Waals surface area (Å²) in [7, 11) is 0. The van der Waals surface area contributed by atoms with Crippen LogP contribution in [0.15, 0.2) is 35.0 Å². The fraction of sp³-hybridized carbons (Fsp3) is 0.500. The molecule has 1 heterocycles. The van der Waals surface area contributed by atoms with Gasteiger partial charge in [0.1, 0.15) is 5.76 Å². The van der Waals surface area contributed by atoms with Crippen LogP contribution in [0, 0.1) is 0 Å². The Labute approximate surface area is 91.3 Å². The van der Waals surface area contributed by atoms with Gasteiger partial charge in [-0.05, 0) is 31.4 Å². The molecule has 0 bridgehead atoms. The molecule has 1 rings (SSSR count). The summed E-state index contributed by atoms with van der Waals surface area (Å²) < 4.78 is 5.27. The number of hydrogen-bond donors (Lipinski definition) is 2. The summed E-state index contributed by atoms with van der Waals surface area (Å²) >= 11 is 0. The minimum Gasteiger partial charge on any atom is -0.469 e. The van der Waals surface area contributed by atoms with Crippen molar-refractivity contribution < 1.29 is 4.42 Å². The first kappa shape index (κ1) is 12.0. The normalized spacial score (nSPS) is 12.7. The van der Waals surface area contributed by atoms with Crippen molar-refractivity contribution in [2.24, 2.45) is 5.84 Å². The predicted molar refractivity (Wildman–Crippen MR) is 62.2 cm³/mol. The minimum absolute atomic E-state index is 0.294. The Morgan fingerprint density at radius 3 is 3.00 bits per heavy atom. The Morgan fingerprint density at radius 1 is 1.67 bits per heavy atom. The maximum Gasteiger partial charge on any atom is 0.103 e. The number of aryl methyl sites for hydroxylation is 1. The van der Waals surface area contributed by atoms with E-state index in [9.17, 15) is 0 Å². The summed E-state index contributed by atoms with van der Waals surface area (Å²) in [5.41, 5.74) is 4.06. The number of nitrogens with one attached hydrogen (secondary N) is 1. The van der Waals surface area contributed by atoms with Crippen molar-refractivity contribution in [1.29, 1.82) is 0 Å². The fourth-order valence-corrected chi connectivity index (χ4v) is 1.51. The number of hydrazine groups is 1. The van der Waals surface area contributed by atoms with Crippen molar-refractivity contribution in [3.63, 3.8) is 0 Å². The van der Waals surface area contributed by atoms with Crippen molar-refractivity contribution in [2.45, 2.75) is 38.6 Å². The predicted octanol–water partition coefficient (Wildman–Crippen LogP) is 2.40. The average molecular weight is 208 g/mol. The molecular weight excluding hydrogens is 188 g/mol. The quantitative estimate of drug-likeness (QED) is 0.411. The summed E-state index contributed by atoms with van der Waals surface area (Å²) in [5, 5.41) is 0. The molecule has 0 aliphatic rings. The van der Waals surface area contributed by atoms with Gasteiger partial charge in [-0.2, -0.15) is 0 Å². The molecule has 3 N–H and O–H groups in total. The zero-order valence-electron chi connectivity index (χ0n) is 9.33. The number of hydrogen-bond acceptors (Lipinski definition) is 3. The SMILES string of the molecule is C=C(CC)CC(CCc1ccco1)NN. The molecule has 0 fully saturated rings. The third kappa shape index (κ3) is 4.32. The third-order valence-corrected chi connectivity index (χ3v) is 2.59. The van der Waals surface area contributed by atoms with Crippen LogP contribution in [0.5, 0.6) is 0 Å². The highest BCUT2D eigenvalue weighted by Crippen LogP contribution is 2.12. The van der Waals surface area contributed by atoms with Gasteiger partial charge >= 0.3 is 0 Å². The smallest absolute Gasteiger partial charge is 0.103 e. The highest BCUT2D eigenvalue weighted by Gasteiger charge is 2.08. The van der Waals surface area contributed by atoms with Crippen LogP contribution in [0.25, 0.3) is 0 Å². The van der Waals surface area contributed by atoms with Gasteiger partial charge in [-0.3, -0.25) is 11.3 Å². The van der Waals surface area contributed by atoms with E-state index in [2.05, 4.69) is 18.9 Å². The summed E-state index contributed by atoms with van der Waals surface area (Å²) in [6.07, 6.45) is 5.54. The van der Waals surface area contributed by atoms with E-state index in [1.807, 2.05) is 12.1 Å². The molecule has 1 aromatic rings. The Morgan fingerprint density at radius 2 is 2.47 bits per heavy atom. The fourth-order valence-electron chi connectivity index (χ4n) is 1.51. The van der Waals surface area contributed by atoms with E-state index in [1.165, 1.54) is 5.57 Å². The van der Waals surface area contributed by atoms with Gasteiger partial charge in [-0.1, -0.05) is 19.1 Å². The van der Waals surface area contributed by atoms with Gasteiger partial charge in [0, 0.05) is 12.5 Å². The van der Waals surface area contributed by atoms with Crippen LogP contribution in [0.2, 0.25) is 0 Å². The second-order valence-electron chi connectivity index (χ2n) is 3.79. The molecule has 0 saturated heterocycles. The zero-order chi connectivity index (χ0) is 11.1. The van der Waals surface area contributed by atoms with E-state index in [0.29, 0.717) is 6.04 Å². The van der Waals surface area contributed by atoms with Crippen molar-refractivity contribution in [2.75, 3.05) is 0 Å². The topological polar surface area (TPSA) is 51.2 Å². The monoisotopic (exact) mass is 208 g/mol. The average Bonchev–Trinajstić information content (AvgIpc) is 2.76. The van der Waals surface area contributed by atoms with Crippen molar-refractivity contribution in [1.82, 2.24) is 5.43 Å². The van der Waals surface area contributed by atoms with E-state index in [1.54, 1.807) is 6.26 Å². The van der Waals surface area contributed by atoms with Crippen LogP contribution in [-0.2, 0) is 6.42 Å². The van der Waals surface area contributed by atoms with Crippen LogP contribution in [-0.4, -0.2) is 6.04 Å². The van der Waals surface area contributed by atoms with Gasteiger partial charge in [0.05, 0.1) is 6.26 Å². The molecule has 1 atom stereocenters. The molecule has 3 heteroatoms. The van der Waals surface area contributed by atoms with Crippen LogP contribution >= 0.6 is 0 Å². The minimum atomic E-state index is 0.294. The lowest BCUT2D eigenvalue weighted by Crippen LogP contribution is -2.35. The summed E-state index contributed by atoms with van der Waals surface area (Å²) in [6.45, 7) is 6.10. The molecule has 0 aromatic carbocycles. The first-order chi connectivity index (χ1) is 7.26. The molecule has 0 saturated carbocycles. The summed E-state index contributed by atoms with van der Waals surface area (Å²) in [4.78, 5) is 0. The molecule has 0 radical (unpaired) electrons. The summed E-state index contributed by atoms with van der Waals surface area (Å²) in [5.74, 6) is 6.50. The van der Waals surface area contributed by atoms with Gasteiger partial charge in [-0.15, -0.1) is 0 Å². The van der Waals surface area contributed by atoms with Crippen molar-refractivity contribution >= 4 is 0 Å². The first-order valence-electron chi connectivity index (χ1n) is 5.41. The number of furan rings is 1. The van der Waals surface area contributed by atoms with Crippen molar-refractivity contribution in [3.05, 3.63) is 36.3 Å². The van der Waals surface area contributed by atoms with E-state index in [4.69, 9.17) is 10.3 Å². The molecule has 0 aliphatic heterocycles. The number of nitrogens with two attached hydrogens (primary N) is 1. The lowest BCUT2D eigenvalue weighted by atomic mass is 10.0. The highest BCUT2D eigenvalue weighted by atomic mass is 16.3. The lowest BCUT2D eigenvalue weighted by molar-refractivity contribution is 0.445. The van der Waals surface area contributed by atoms with Crippen LogP contribution in [0.3, 0.4) is 0 Å². The molecular formula is C12H20N2O. The van der Waals surface area contributed by atoms with Crippen LogP contribution in [0.4, 0.5) is 0 Å². The van der Waals surface area contributed by atoms with Gasteiger partial charge in [0.2, 0.25) is 0 Å². The maximum atomic E-state index is 5.49. The van der Waals surface area contributed by atoms with Gasteiger partial charge in [-0.25, -0.2) is 0 Å². The molecule has 0 amide bonds. The van der Waals surface area contributed by atoms with E-state index in [0.717, 1.165) is 31.4 Å².